The predicted octanol–water partition coefficient (Wildman–Crippen LogP) is 3.31. The third-order valence-electron chi connectivity index (χ3n) is 3.25. The Morgan fingerprint density at radius 2 is 2.00 bits per heavy atom. The molecule has 0 radical (unpaired) electrons. The molecule has 0 fully saturated rings. The van der Waals surface area contributed by atoms with E-state index in [0.29, 0.717) is 34.1 Å². The van der Waals surface area contributed by atoms with Gasteiger partial charge in [0.05, 0.1) is 12.7 Å². The second kappa shape index (κ2) is 6.54. The molecule has 0 saturated carbocycles. The highest BCUT2D eigenvalue weighted by molar-refractivity contribution is 6.07. The first kappa shape index (κ1) is 15.3. The highest BCUT2D eigenvalue weighted by Gasteiger charge is 2.20. The topological polar surface area (TPSA) is 44.8 Å². The van der Waals surface area contributed by atoms with Crippen LogP contribution in [0.3, 0.4) is 0 Å². The minimum absolute atomic E-state index is 0.0698. The molecule has 0 atom stereocenters. The van der Waals surface area contributed by atoms with Gasteiger partial charge in [0, 0.05) is 12.7 Å². The highest BCUT2D eigenvalue weighted by atomic mass is 19.1. The van der Waals surface area contributed by atoms with E-state index in [4.69, 9.17) is 14.2 Å². The number of rotatable bonds is 5. The lowest BCUT2D eigenvalue weighted by atomic mass is 9.96. The molecule has 0 amide bonds. The summed E-state index contributed by atoms with van der Waals surface area (Å²) in [5, 5.41) is 1.23. The van der Waals surface area contributed by atoms with Crippen molar-refractivity contribution in [2.45, 2.75) is 13.3 Å². The van der Waals surface area contributed by atoms with Gasteiger partial charge in [-0.15, -0.1) is 0 Å². The summed E-state index contributed by atoms with van der Waals surface area (Å²) in [4.78, 5) is 12.1. The normalized spacial score (nSPS) is 10.7. The average Bonchev–Trinajstić information content (AvgIpc) is 2.50. The maximum atomic E-state index is 13.5. The van der Waals surface area contributed by atoms with E-state index in [1.165, 1.54) is 26.4 Å². The Morgan fingerprint density at radius 1 is 1.24 bits per heavy atom. The Hall–Kier alpha value is -2.14. The fourth-order valence-electron chi connectivity index (χ4n) is 2.32. The first-order valence-corrected chi connectivity index (χ1v) is 6.57. The minimum Gasteiger partial charge on any atom is -0.467 e. The number of esters is 1. The van der Waals surface area contributed by atoms with Gasteiger partial charge < -0.3 is 14.2 Å². The van der Waals surface area contributed by atoms with Crippen molar-refractivity contribution in [3.63, 3.8) is 0 Å². The maximum Gasteiger partial charge on any atom is 0.338 e. The third kappa shape index (κ3) is 2.97. The standard InChI is InChI=1S/C16H17FO4/c1-4-12-14(21-9-19-2)7-10-5-6-11(17)8-13(10)15(12)16(18)20-3/h5-8H,4,9H2,1-3H3. The van der Waals surface area contributed by atoms with E-state index in [1.807, 2.05) is 6.92 Å². The van der Waals surface area contributed by atoms with Crippen LogP contribution in [0.5, 0.6) is 5.75 Å². The molecule has 0 unspecified atom stereocenters. The van der Waals surface area contributed by atoms with Crippen molar-refractivity contribution >= 4 is 16.7 Å². The molecule has 0 bridgehead atoms. The van der Waals surface area contributed by atoms with Crippen molar-refractivity contribution in [1.29, 1.82) is 0 Å². The summed E-state index contributed by atoms with van der Waals surface area (Å²) in [6.45, 7) is 1.97. The zero-order chi connectivity index (χ0) is 15.4. The van der Waals surface area contributed by atoms with Crippen LogP contribution in [-0.4, -0.2) is 27.0 Å². The highest BCUT2D eigenvalue weighted by Crippen LogP contribution is 2.32. The van der Waals surface area contributed by atoms with Crippen LogP contribution in [0.15, 0.2) is 24.3 Å². The number of ether oxygens (including phenoxy) is 3. The molecule has 2 aromatic carbocycles. The summed E-state index contributed by atoms with van der Waals surface area (Å²) in [6.07, 6.45) is 0.552. The van der Waals surface area contributed by atoms with Gasteiger partial charge in [-0.2, -0.15) is 0 Å². The van der Waals surface area contributed by atoms with Gasteiger partial charge in [-0.3, -0.25) is 0 Å². The zero-order valence-corrected chi connectivity index (χ0v) is 12.2. The van der Waals surface area contributed by atoms with Crippen molar-refractivity contribution in [3.8, 4) is 5.75 Å². The lowest BCUT2D eigenvalue weighted by molar-refractivity contribution is 0.0498. The van der Waals surface area contributed by atoms with Crippen LogP contribution >= 0.6 is 0 Å². The smallest absolute Gasteiger partial charge is 0.338 e. The van der Waals surface area contributed by atoms with Crippen molar-refractivity contribution in [2.24, 2.45) is 0 Å². The molecule has 112 valence electrons. The Balaban J connectivity index is 2.75. The van der Waals surface area contributed by atoms with Crippen LogP contribution in [0, 0.1) is 5.82 Å². The molecule has 0 aliphatic rings. The van der Waals surface area contributed by atoms with Gasteiger partial charge in [-0.05, 0) is 35.4 Å². The Labute approximate surface area is 122 Å². The molecule has 0 saturated heterocycles. The van der Waals surface area contributed by atoms with E-state index >= 15 is 0 Å². The predicted molar refractivity (Wildman–Crippen MR) is 77.1 cm³/mol. The SMILES string of the molecule is CCc1c(OCOC)cc2ccc(F)cc2c1C(=O)OC. The molecule has 2 rings (SSSR count). The summed E-state index contributed by atoms with van der Waals surface area (Å²) in [5.74, 6) is -0.371. The van der Waals surface area contributed by atoms with E-state index in [1.54, 1.807) is 12.1 Å². The van der Waals surface area contributed by atoms with Crippen molar-refractivity contribution in [2.75, 3.05) is 21.0 Å². The largest absolute Gasteiger partial charge is 0.467 e. The fraction of sp³-hybridized carbons (Fsp3) is 0.312. The number of carbonyl (C=O) groups excluding carboxylic acids is 1. The molecule has 0 aromatic heterocycles. The molecule has 21 heavy (non-hydrogen) atoms. The summed E-state index contributed by atoms with van der Waals surface area (Å²) in [7, 11) is 2.82. The summed E-state index contributed by atoms with van der Waals surface area (Å²) < 4.78 is 28.8. The number of methoxy groups -OCH3 is 2. The van der Waals surface area contributed by atoms with Gasteiger partial charge in [0.1, 0.15) is 11.6 Å². The molecule has 0 aliphatic heterocycles. The van der Waals surface area contributed by atoms with Crippen LogP contribution in [0.4, 0.5) is 4.39 Å². The molecule has 2 aromatic rings. The minimum atomic E-state index is -0.509. The van der Waals surface area contributed by atoms with Crippen molar-refractivity contribution in [3.05, 3.63) is 41.2 Å². The second-order valence-corrected chi connectivity index (χ2v) is 4.49. The summed E-state index contributed by atoms with van der Waals surface area (Å²) in [5.41, 5.74) is 1.01. The van der Waals surface area contributed by atoms with Crippen LogP contribution < -0.4 is 4.74 Å². The van der Waals surface area contributed by atoms with Gasteiger partial charge >= 0.3 is 5.97 Å². The Bertz CT molecular complexity index is 667. The number of benzene rings is 2. The van der Waals surface area contributed by atoms with E-state index < -0.39 is 11.8 Å². The number of hydrogen-bond donors (Lipinski definition) is 0. The number of hydrogen-bond acceptors (Lipinski definition) is 4. The Kier molecular flexibility index (Phi) is 4.75. The fourth-order valence-corrected chi connectivity index (χ4v) is 2.32. The summed E-state index contributed by atoms with van der Waals surface area (Å²) in [6, 6.07) is 6.06. The molecule has 0 spiro atoms. The zero-order valence-electron chi connectivity index (χ0n) is 12.2. The molecule has 0 heterocycles. The van der Waals surface area contributed by atoms with E-state index in [0.717, 1.165) is 0 Å². The lowest BCUT2D eigenvalue weighted by Gasteiger charge is -2.16. The van der Waals surface area contributed by atoms with E-state index in [2.05, 4.69) is 0 Å². The molecular weight excluding hydrogens is 275 g/mol. The number of halogens is 1. The van der Waals surface area contributed by atoms with Crippen LogP contribution in [-0.2, 0) is 15.9 Å². The Morgan fingerprint density at radius 3 is 2.62 bits per heavy atom. The van der Waals surface area contributed by atoms with Crippen LogP contribution in [0.25, 0.3) is 10.8 Å². The average molecular weight is 292 g/mol. The summed E-state index contributed by atoms with van der Waals surface area (Å²) >= 11 is 0. The molecule has 4 nitrogen and oxygen atoms in total. The molecule has 0 aliphatic carbocycles. The maximum absolute atomic E-state index is 13.5. The number of fused-ring (bicyclic) bond motifs is 1. The second-order valence-electron chi connectivity index (χ2n) is 4.49. The van der Waals surface area contributed by atoms with Crippen LogP contribution in [0.2, 0.25) is 0 Å². The van der Waals surface area contributed by atoms with Gasteiger partial charge in [0.15, 0.2) is 6.79 Å². The van der Waals surface area contributed by atoms with Crippen molar-refractivity contribution < 1.29 is 23.4 Å². The molecule has 5 heteroatoms. The van der Waals surface area contributed by atoms with Gasteiger partial charge in [-0.25, -0.2) is 9.18 Å². The first-order valence-electron chi connectivity index (χ1n) is 6.57. The van der Waals surface area contributed by atoms with E-state index in [9.17, 15) is 9.18 Å². The molecule has 0 N–H and O–H groups in total. The van der Waals surface area contributed by atoms with Crippen LogP contribution in [0.1, 0.15) is 22.8 Å². The number of carbonyl (C=O) groups is 1. The van der Waals surface area contributed by atoms with E-state index in [-0.39, 0.29) is 6.79 Å². The van der Waals surface area contributed by atoms with Gasteiger partial charge in [-0.1, -0.05) is 13.0 Å². The monoisotopic (exact) mass is 292 g/mol. The van der Waals surface area contributed by atoms with Gasteiger partial charge in [0.25, 0.3) is 0 Å². The van der Waals surface area contributed by atoms with Gasteiger partial charge in [0.2, 0.25) is 0 Å². The first-order chi connectivity index (χ1) is 10.1. The molecular formula is C16H17FO4. The lowest BCUT2D eigenvalue weighted by Crippen LogP contribution is -2.10. The third-order valence-corrected chi connectivity index (χ3v) is 3.25. The van der Waals surface area contributed by atoms with Crippen molar-refractivity contribution in [1.82, 2.24) is 0 Å². The quantitative estimate of drug-likeness (QED) is 0.626.